The van der Waals surface area contributed by atoms with Crippen LogP contribution in [0.4, 0.5) is 10.5 Å². The Balaban J connectivity index is 1.62. The number of benzene rings is 1. The monoisotopic (exact) mass is 372 g/mol. The number of hydrogen-bond acceptors (Lipinski definition) is 3. The van der Waals surface area contributed by atoms with Gasteiger partial charge in [-0.2, -0.15) is 0 Å². The molecule has 0 aliphatic carbocycles. The van der Waals surface area contributed by atoms with Crippen LogP contribution in [-0.4, -0.2) is 39.8 Å². The van der Waals surface area contributed by atoms with Gasteiger partial charge in [0, 0.05) is 48.5 Å². The summed E-state index contributed by atoms with van der Waals surface area (Å²) in [5, 5.41) is 3.03. The number of likely N-dealkylation sites (tertiary alicyclic amines) is 1. The van der Waals surface area contributed by atoms with Gasteiger partial charge >= 0.3 is 6.03 Å². The number of unbranched alkanes of at least 4 members (excludes halogenated alkanes) is 1. The SMILES string of the molecule is CCCCn1ccnc1[C@H]1CCCN(C(=O)Nc2ccc(SC)cc2)C1. The van der Waals surface area contributed by atoms with Gasteiger partial charge in [-0.05, 0) is 49.8 Å². The summed E-state index contributed by atoms with van der Waals surface area (Å²) in [4.78, 5) is 20.4. The van der Waals surface area contributed by atoms with Gasteiger partial charge in [-0.1, -0.05) is 13.3 Å². The predicted molar refractivity (Wildman–Crippen MR) is 108 cm³/mol. The van der Waals surface area contributed by atoms with Gasteiger partial charge in [0.05, 0.1) is 0 Å². The summed E-state index contributed by atoms with van der Waals surface area (Å²) in [6.07, 6.45) is 10.4. The van der Waals surface area contributed by atoms with E-state index < -0.39 is 0 Å². The van der Waals surface area contributed by atoms with Crippen LogP contribution < -0.4 is 5.32 Å². The highest BCUT2D eigenvalue weighted by Crippen LogP contribution is 2.27. The molecule has 1 saturated heterocycles. The van der Waals surface area contributed by atoms with Crippen LogP contribution in [0.3, 0.4) is 0 Å². The van der Waals surface area contributed by atoms with Crippen molar-refractivity contribution in [2.24, 2.45) is 0 Å². The molecule has 0 unspecified atom stereocenters. The average molecular weight is 373 g/mol. The molecule has 0 bridgehead atoms. The Morgan fingerprint density at radius 3 is 2.88 bits per heavy atom. The summed E-state index contributed by atoms with van der Waals surface area (Å²) in [6, 6.07) is 7.97. The van der Waals surface area contributed by atoms with Crippen LogP contribution >= 0.6 is 11.8 Å². The van der Waals surface area contributed by atoms with Crippen molar-refractivity contribution in [3.8, 4) is 0 Å². The first-order valence-electron chi connectivity index (χ1n) is 9.42. The van der Waals surface area contributed by atoms with E-state index in [9.17, 15) is 4.79 Å². The van der Waals surface area contributed by atoms with Crippen molar-refractivity contribution in [2.75, 3.05) is 24.7 Å². The number of carbonyl (C=O) groups is 1. The highest BCUT2D eigenvalue weighted by molar-refractivity contribution is 7.98. The third-order valence-corrected chi connectivity index (χ3v) is 5.66. The number of thioether (sulfide) groups is 1. The molecule has 0 spiro atoms. The number of hydrogen-bond donors (Lipinski definition) is 1. The van der Waals surface area contributed by atoms with Crippen molar-refractivity contribution in [1.82, 2.24) is 14.5 Å². The summed E-state index contributed by atoms with van der Waals surface area (Å²) in [5.74, 6) is 1.44. The molecule has 3 rings (SSSR count). The number of urea groups is 1. The molecule has 1 aliphatic heterocycles. The van der Waals surface area contributed by atoms with Gasteiger partial charge in [0.25, 0.3) is 0 Å². The summed E-state index contributed by atoms with van der Waals surface area (Å²) in [6.45, 7) is 4.75. The average Bonchev–Trinajstić information content (AvgIpc) is 3.15. The van der Waals surface area contributed by atoms with E-state index in [1.165, 1.54) is 11.3 Å². The Morgan fingerprint density at radius 1 is 1.35 bits per heavy atom. The van der Waals surface area contributed by atoms with E-state index in [1.807, 2.05) is 41.6 Å². The first kappa shape index (κ1) is 18.8. The topological polar surface area (TPSA) is 50.2 Å². The highest BCUT2D eigenvalue weighted by Gasteiger charge is 2.27. The van der Waals surface area contributed by atoms with E-state index in [2.05, 4.69) is 28.0 Å². The number of anilines is 1. The van der Waals surface area contributed by atoms with Gasteiger partial charge in [-0.3, -0.25) is 0 Å². The number of carbonyl (C=O) groups excluding carboxylic acids is 1. The fraction of sp³-hybridized carbons (Fsp3) is 0.500. The van der Waals surface area contributed by atoms with Gasteiger partial charge in [0.1, 0.15) is 5.82 Å². The second kappa shape index (κ2) is 9.12. The van der Waals surface area contributed by atoms with Crippen LogP contribution in [-0.2, 0) is 6.54 Å². The lowest BCUT2D eigenvalue weighted by Gasteiger charge is -2.32. The standard InChI is InChI=1S/C20H28N4OS/c1-3-4-12-23-14-11-21-19(23)16-6-5-13-24(15-16)20(25)22-17-7-9-18(26-2)10-8-17/h7-11,14,16H,3-6,12-13,15H2,1-2H3,(H,22,25)/t16-/m0/s1. The molecule has 26 heavy (non-hydrogen) atoms. The molecular weight excluding hydrogens is 344 g/mol. The van der Waals surface area contributed by atoms with Crippen LogP contribution in [0.25, 0.3) is 0 Å². The normalized spacial score (nSPS) is 17.3. The summed E-state index contributed by atoms with van der Waals surface area (Å²) >= 11 is 1.70. The van der Waals surface area contributed by atoms with E-state index >= 15 is 0 Å². The largest absolute Gasteiger partial charge is 0.335 e. The minimum absolute atomic E-state index is 0.0155. The molecule has 1 aliphatic rings. The number of piperidine rings is 1. The molecule has 0 saturated carbocycles. The smallest absolute Gasteiger partial charge is 0.321 e. The van der Waals surface area contributed by atoms with E-state index in [0.29, 0.717) is 5.92 Å². The maximum absolute atomic E-state index is 12.7. The number of rotatable bonds is 6. The molecule has 5 nitrogen and oxygen atoms in total. The third kappa shape index (κ3) is 4.61. The second-order valence-corrected chi connectivity index (χ2v) is 7.66. The quantitative estimate of drug-likeness (QED) is 0.740. The molecule has 2 amide bonds. The van der Waals surface area contributed by atoms with Gasteiger partial charge in [-0.15, -0.1) is 11.8 Å². The zero-order valence-corrected chi connectivity index (χ0v) is 16.5. The lowest BCUT2D eigenvalue weighted by Crippen LogP contribution is -2.42. The minimum Gasteiger partial charge on any atom is -0.335 e. The molecule has 1 aromatic carbocycles. The number of nitrogens with zero attached hydrogens (tertiary/aromatic N) is 3. The molecule has 0 radical (unpaired) electrons. The van der Waals surface area contributed by atoms with E-state index in [4.69, 9.17) is 0 Å². The van der Waals surface area contributed by atoms with Crippen LogP contribution in [0.5, 0.6) is 0 Å². The fourth-order valence-electron chi connectivity index (χ4n) is 3.45. The van der Waals surface area contributed by atoms with Crippen LogP contribution in [0.2, 0.25) is 0 Å². The van der Waals surface area contributed by atoms with Crippen molar-refractivity contribution >= 4 is 23.5 Å². The first-order chi connectivity index (χ1) is 12.7. The first-order valence-corrected chi connectivity index (χ1v) is 10.6. The summed E-state index contributed by atoms with van der Waals surface area (Å²) in [7, 11) is 0. The van der Waals surface area contributed by atoms with Gasteiger partial charge in [-0.25, -0.2) is 9.78 Å². The molecule has 2 heterocycles. The Labute approximate surface area is 160 Å². The van der Waals surface area contributed by atoms with Crippen LogP contribution in [0.15, 0.2) is 41.6 Å². The molecule has 140 valence electrons. The van der Waals surface area contributed by atoms with Crippen molar-refractivity contribution < 1.29 is 4.79 Å². The summed E-state index contributed by atoms with van der Waals surface area (Å²) in [5.41, 5.74) is 0.847. The van der Waals surface area contributed by atoms with E-state index in [-0.39, 0.29) is 6.03 Å². The van der Waals surface area contributed by atoms with Gasteiger partial charge < -0.3 is 14.8 Å². The second-order valence-electron chi connectivity index (χ2n) is 6.78. The molecule has 6 heteroatoms. The number of imidazole rings is 1. The molecule has 2 aromatic rings. The lowest BCUT2D eigenvalue weighted by atomic mass is 9.97. The zero-order chi connectivity index (χ0) is 18.4. The maximum atomic E-state index is 12.7. The fourth-order valence-corrected chi connectivity index (χ4v) is 3.86. The highest BCUT2D eigenvalue weighted by atomic mass is 32.2. The number of aryl methyl sites for hydroxylation is 1. The third-order valence-electron chi connectivity index (χ3n) is 4.92. The van der Waals surface area contributed by atoms with E-state index in [0.717, 1.165) is 50.4 Å². The van der Waals surface area contributed by atoms with Crippen molar-refractivity contribution in [1.29, 1.82) is 0 Å². The molecule has 1 fully saturated rings. The van der Waals surface area contributed by atoms with Gasteiger partial charge in [0.2, 0.25) is 0 Å². The van der Waals surface area contributed by atoms with Crippen molar-refractivity contribution in [3.63, 3.8) is 0 Å². The number of aromatic nitrogens is 2. The van der Waals surface area contributed by atoms with Gasteiger partial charge in [0.15, 0.2) is 0 Å². The van der Waals surface area contributed by atoms with Crippen LogP contribution in [0.1, 0.15) is 44.3 Å². The number of amides is 2. The number of nitrogens with one attached hydrogen (secondary N) is 1. The zero-order valence-electron chi connectivity index (χ0n) is 15.6. The predicted octanol–water partition coefficient (Wildman–Crippen LogP) is 4.82. The molecular formula is C20H28N4OS. The molecule has 1 atom stereocenters. The summed E-state index contributed by atoms with van der Waals surface area (Å²) < 4.78 is 2.26. The Bertz CT molecular complexity index is 713. The van der Waals surface area contributed by atoms with Crippen LogP contribution in [0, 0.1) is 0 Å². The minimum atomic E-state index is -0.0155. The Hall–Kier alpha value is -1.95. The van der Waals surface area contributed by atoms with Crippen molar-refractivity contribution in [3.05, 3.63) is 42.5 Å². The van der Waals surface area contributed by atoms with E-state index in [1.54, 1.807) is 11.8 Å². The Kier molecular flexibility index (Phi) is 6.61. The molecule has 1 aromatic heterocycles. The maximum Gasteiger partial charge on any atom is 0.321 e. The molecule has 1 N–H and O–H groups in total. The Morgan fingerprint density at radius 2 is 2.15 bits per heavy atom. The van der Waals surface area contributed by atoms with Crippen molar-refractivity contribution in [2.45, 2.75) is 50.0 Å². The lowest BCUT2D eigenvalue weighted by molar-refractivity contribution is 0.190.